The monoisotopic (exact) mass is 271 g/mol. The Labute approximate surface area is 110 Å². The van der Waals surface area contributed by atoms with E-state index in [-0.39, 0.29) is 30.7 Å². The van der Waals surface area contributed by atoms with Crippen molar-refractivity contribution < 1.29 is 9.18 Å². The number of H-pyrrole nitrogens is 1. The Hall–Kier alpha value is -1.59. The van der Waals surface area contributed by atoms with Crippen LogP contribution in [0.15, 0.2) is 24.4 Å². The van der Waals surface area contributed by atoms with Gasteiger partial charge in [-0.25, -0.2) is 4.39 Å². The maximum Gasteiger partial charge on any atom is 0.233 e. The number of carbonyl (C=O) groups excluding carboxylic acids is 1. The molecule has 98 valence electrons. The first-order valence-electron chi connectivity index (χ1n) is 5.43. The van der Waals surface area contributed by atoms with Crippen molar-refractivity contribution in [3.63, 3.8) is 0 Å². The van der Waals surface area contributed by atoms with Crippen molar-refractivity contribution in [2.24, 2.45) is 5.73 Å². The zero-order valence-corrected chi connectivity index (χ0v) is 10.5. The van der Waals surface area contributed by atoms with Crippen molar-refractivity contribution in [2.45, 2.75) is 6.42 Å². The number of amides is 1. The van der Waals surface area contributed by atoms with Crippen LogP contribution in [0.5, 0.6) is 0 Å². The second-order valence-electron chi connectivity index (χ2n) is 3.81. The molecule has 1 aromatic heterocycles. The first-order chi connectivity index (χ1) is 8.20. The summed E-state index contributed by atoms with van der Waals surface area (Å²) in [6, 6.07) is 4.61. The molecule has 4 nitrogen and oxygen atoms in total. The highest BCUT2D eigenvalue weighted by Gasteiger charge is 2.05. The highest BCUT2D eigenvalue weighted by Crippen LogP contribution is 2.19. The number of nitrogens with one attached hydrogen (secondary N) is 2. The van der Waals surface area contributed by atoms with Crippen LogP contribution in [0.2, 0.25) is 0 Å². The fourth-order valence-corrected chi connectivity index (χ4v) is 1.77. The standard InChI is InChI=1S/C12H14FN3O.ClH/c13-9-1-2-11-10(5-9)8(7-16-11)3-4-15-12(17)6-14;/h1-2,5,7,16H,3-4,6,14H2,(H,15,17);1H. The summed E-state index contributed by atoms with van der Waals surface area (Å²) in [4.78, 5) is 14.0. The topological polar surface area (TPSA) is 70.9 Å². The lowest BCUT2D eigenvalue weighted by Crippen LogP contribution is -2.31. The van der Waals surface area contributed by atoms with Crippen molar-refractivity contribution in [1.82, 2.24) is 10.3 Å². The Morgan fingerprint density at radius 2 is 2.22 bits per heavy atom. The van der Waals surface area contributed by atoms with Gasteiger partial charge in [0.05, 0.1) is 6.54 Å². The van der Waals surface area contributed by atoms with E-state index in [2.05, 4.69) is 10.3 Å². The van der Waals surface area contributed by atoms with Crippen molar-refractivity contribution >= 4 is 29.2 Å². The molecule has 0 aliphatic rings. The van der Waals surface area contributed by atoms with E-state index in [0.29, 0.717) is 13.0 Å². The SMILES string of the molecule is Cl.NCC(=O)NCCc1c[nH]c2ccc(F)cc12. The lowest BCUT2D eigenvalue weighted by atomic mass is 10.1. The molecule has 0 radical (unpaired) electrons. The van der Waals surface area contributed by atoms with Crippen LogP contribution >= 0.6 is 12.4 Å². The van der Waals surface area contributed by atoms with Crippen LogP contribution in [-0.2, 0) is 11.2 Å². The number of aromatic amines is 1. The summed E-state index contributed by atoms with van der Waals surface area (Å²) < 4.78 is 13.1. The second kappa shape index (κ2) is 6.37. The summed E-state index contributed by atoms with van der Waals surface area (Å²) in [6.07, 6.45) is 2.48. The molecule has 2 rings (SSSR count). The lowest BCUT2D eigenvalue weighted by molar-refractivity contribution is -0.119. The fraction of sp³-hybridized carbons (Fsp3) is 0.250. The molecule has 0 atom stereocenters. The quantitative estimate of drug-likeness (QED) is 0.785. The largest absolute Gasteiger partial charge is 0.361 e. The molecule has 2 aromatic rings. The first-order valence-corrected chi connectivity index (χ1v) is 5.43. The third kappa shape index (κ3) is 3.21. The Bertz CT molecular complexity index is 541. The predicted octanol–water partition coefficient (Wildman–Crippen LogP) is 1.35. The van der Waals surface area contributed by atoms with Gasteiger partial charge in [0.25, 0.3) is 0 Å². The molecule has 4 N–H and O–H groups in total. The highest BCUT2D eigenvalue weighted by atomic mass is 35.5. The number of hydrogen-bond acceptors (Lipinski definition) is 2. The minimum Gasteiger partial charge on any atom is -0.361 e. The Balaban J connectivity index is 0.00000162. The van der Waals surface area contributed by atoms with E-state index in [1.807, 2.05) is 6.20 Å². The van der Waals surface area contributed by atoms with Gasteiger partial charge >= 0.3 is 0 Å². The van der Waals surface area contributed by atoms with Gasteiger partial charge in [0.1, 0.15) is 5.82 Å². The predicted molar refractivity (Wildman–Crippen MR) is 71.3 cm³/mol. The molecule has 1 amide bonds. The van der Waals surface area contributed by atoms with Crippen molar-refractivity contribution in [2.75, 3.05) is 13.1 Å². The van der Waals surface area contributed by atoms with Gasteiger partial charge in [-0.15, -0.1) is 12.4 Å². The minimum absolute atomic E-state index is 0. The summed E-state index contributed by atoms with van der Waals surface area (Å²) >= 11 is 0. The average molecular weight is 272 g/mol. The van der Waals surface area contributed by atoms with Gasteiger partial charge in [-0.05, 0) is 30.2 Å². The van der Waals surface area contributed by atoms with E-state index in [4.69, 9.17) is 5.73 Å². The summed E-state index contributed by atoms with van der Waals surface area (Å²) in [5.41, 5.74) is 7.05. The number of hydrogen-bond donors (Lipinski definition) is 3. The third-order valence-electron chi connectivity index (χ3n) is 2.63. The maximum atomic E-state index is 13.1. The maximum absolute atomic E-state index is 13.1. The van der Waals surface area contributed by atoms with E-state index >= 15 is 0 Å². The molecule has 0 fully saturated rings. The van der Waals surface area contributed by atoms with Gasteiger partial charge in [0.15, 0.2) is 0 Å². The number of fused-ring (bicyclic) bond motifs is 1. The van der Waals surface area contributed by atoms with Gasteiger partial charge in [0, 0.05) is 23.6 Å². The van der Waals surface area contributed by atoms with Crippen LogP contribution in [-0.4, -0.2) is 24.0 Å². The molecule has 0 saturated carbocycles. The first kappa shape index (κ1) is 14.5. The molecule has 18 heavy (non-hydrogen) atoms. The van der Waals surface area contributed by atoms with Crippen LogP contribution in [0.1, 0.15) is 5.56 Å². The van der Waals surface area contributed by atoms with Crippen LogP contribution in [0.25, 0.3) is 10.9 Å². The molecule has 0 aliphatic heterocycles. The Morgan fingerprint density at radius 3 is 2.94 bits per heavy atom. The lowest BCUT2D eigenvalue weighted by Gasteiger charge is -2.02. The molecule has 0 unspecified atom stereocenters. The van der Waals surface area contributed by atoms with E-state index in [1.165, 1.54) is 12.1 Å². The van der Waals surface area contributed by atoms with E-state index in [9.17, 15) is 9.18 Å². The normalized spacial score (nSPS) is 10.1. The van der Waals surface area contributed by atoms with E-state index < -0.39 is 0 Å². The highest BCUT2D eigenvalue weighted by molar-refractivity contribution is 5.85. The molecule has 0 aliphatic carbocycles. The van der Waals surface area contributed by atoms with E-state index in [1.54, 1.807) is 6.07 Å². The van der Waals surface area contributed by atoms with Crippen LogP contribution < -0.4 is 11.1 Å². The molecule has 0 spiro atoms. The van der Waals surface area contributed by atoms with Crippen LogP contribution in [0, 0.1) is 5.82 Å². The zero-order chi connectivity index (χ0) is 12.3. The van der Waals surface area contributed by atoms with Crippen LogP contribution in [0.3, 0.4) is 0 Å². The number of benzene rings is 1. The number of nitrogens with two attached hydrogens (primary N) is 1. The van der Waals surface area contributed by atoms with Gasteiger partial charge in [0.2, 0.25) is 5.91 Å². The van der Waals surface area contributed by atoms with Crippen LogP contribution in [0.4, 0.5) is 4.39 Å². The smallest absolute Gasteiger partial charge is 0.233 e. The minimum atomic E-state index is -0.260. The number of rotatable bonds is 4. The third-order valence-corrected chi connectivity index (χ3v) is 2.63. The van der Waals surface area contributed by atoms with Crippen molar-refractivity contribution in [3.05, 3.63) is 35.8 Å². The molecule has 0 bridgehead atoms. The average Bonchev–Trinajstić information content (AvgIpc) is 2.72. The van der Waals surface area contributed by atoms with Crippen molar-refractivity contribution in [1.29, 1.82) is 0 Å². The molecular formula is C12H15ClFN3O. The summed E-state index contributed by atoms with van der Waals surface area (Å²) in [5.74, 6) is -0.444. The molecule has 6 heteroatoms. The van der Waals surface area contributed by atoms with Gasteiger partial charge in [-0.3, -0.25) is 4.79 Å². The van der Waals surface area contributed by atoms with Gasteiger partial charge in [-0.1, -0.05) is 0 Å². The molecule has 0 saturated heterocycles. The summed E-state index contributed by atoms with van der Waals surface area (Å²) in [5, 5.41) is 3.53. The molecule has 1 heterocycles. The number of halogens is 2. The van der Waals surface area contributed by atoms with E-state index in [0.717, 1.165) is 16.5 Å². The van der Waals surface area contributed by atoms with Crippen molar-refractivity contribution in [3.8, 4) is 0 Å². The summed E-state index contributed by atoms with van der Waals surface area (Å²) in [7, 11) is 0. The Morgan fingerprint density at radius 1 is 1.44 bits per heavy atom. The molecular weight excluding hydrogens is 257 g/mol. The second-order valence-corrected chi connectivity index (χ2v) is 3.81. The van der Waals surface area contributed by atoms with Gasteiger partial charge in [-0.2, -0.15) is 0 Å². The summed E-state index contributed by atoms with van der Waals surface area (Å²) in [6.45, 7) is 0.488. The Kier molecular flexibility index (Phi) is 5.12. The van der Waals surface area contributed by atoms with Gasteiger partial charge < -0.3 is 16.0 Å². The number of carbonyl (C=O) groups is 1. The number of aromatic nitrogens is 1. The molecule has 1 aromatic carbocycles. The zero-order valence-electron chi connectivity index (χ0n) is 9.70. The fourth-order valence-electron chi connectivity index (χ4n) is 1.77.